The molecule has 0 aliphatic heterocycles. The Morgan fingerprint density at radius 3 is 1.44 bits per heavy atom. The van der Waals surface area contributed by atoms with Crippen molar-refractivity contribution < 1.29 is 0 Å². The van der Waals surface area contributed by atoms with E-state index in [4.69, 9.17) is 0 Å². The van der Waals surface area contributed by atoms with Crippen LogP contribution in [0.5, 0.6) is 0 Å². The van der Waals surface area contributed by atoms with Crippen molar-refractivity contribution in [2.75, 3.05) is 9.80 Å². The highest BCUT2D eigenvalue weighted by molar-refractivity contribution is 5.95. The first kappa shape index (κ1) is 32.3. The topological polar surface area (TPSA) is 6.48 Å². The number of allylic oxidation sites excluding steroid dienone is 2. The van der Waals surface area contributed by atoms with Gasteiger partial charge >= 0.3 is 0 Å². The van der Waals surface area contributed by atoms with Crippen LogP contribution in [-0.2, 0) is 10.8 Å². The highest BCUT2D eigenvalue weighted by Gasteiger charge is 2.47. The number of hydrogen-bond acceptors (Lipinski definition) is 2. The van der Waals surface area contributed by atoms with Gasteiger partial charge in [-0.05, 0) is 137 Å². The average molecular weight is 675 g/mol. The van der Waals surface area contributed by atoms with Crippen molar-refractivity contribution in [1.82, 2.24) is 0 Å². The first-order valence-corrected chi connectivity index (χ1v) is 18.7. The highest BCUT2D eigenvalue weighted by Crippen LogP contribution is 2.61. The van der Waals surface area contributed by atoms with Crippen molar-refractivity contribution in [2.24, 2.45) is 0 Å². The van der Waals surface area contributed by atoms with Crippen molar-refractivity contribution in [3.63, 3.8) is 0 Å². The molecule has 0 amide bonds. The van der Waals surface area contributed by atoms with Crippen LogP contribution in [0.25, 0.3) is 22.3 Å². The van der Waals surface area contributed by atoms with Crippen LogP contribution in [0.3, 0.4) is 0 Å². The first-order valence-electron chi connectivity index (χ1n) is 18.7. The second kappa shape index (κ2) is 12.0. The average Bonchev–Trinajstić information content (AvgIpc) is 3.53. The normalized spacial score (nSPS) is 16.9. The molecule has 0 saturated heterocycles. The molecule has 0 spiro atoms. The molecule has 2 nitrogen and oxygen atoms in total. The van der Waals surface area contributed by atoms with Crippen molar-refractivity contribution in [1.29, 1.82) is 0 Å². The molecule has 9 rings (SSSR count). The van der Waals surface area contributed by atoms with Gasteiger partial charge in [-0.15, -0.1) is 0 Å². The Morgan fingerprint density at radius 1 is 0.500 bits per heavy atom. The Balaban J connectivity index is 1.19. The second-order valence-electron chi connectivity index (χ2n) is 15.9. The summed E-state index contributed by atoms with van der Waals surface area (Å²) in [5.74, 6) is 0. The zero-order valence-corrected chi connectivity index (χ0v) is 31.1. The second-order valence-corrected chi connectivity index (χ2v) is 15.9. The Labute approximate surface area is 309 Å². The molecule has 1 unspecified atom stereocenters. The summed E-state index contributed by atoms with van der Waals surface area (Å²) in [5.41, 5.74) is 19.6. The quantitative estimate of drug-likeness (QED) is 0.173. The van der Waals surface area contributed by atoms with Crippen LogP contribution in [0.4, 0.5) is 28.4 Å². The molecule has 256 valence electrons. The number of rotatable bonds is 6. The molecule has 6 aromatic carbocycles. The maximum absolute atomic E-state index is 2.53. The van der Waals surface area contributed by atoms with Crippen LogP contribution in [-0.4, -0.2) is 6.04 Å². The number of para-hydroxylation sites is 3. The molecule has 0 fully saturated rings. The highest BCUT2D eigenvalue weighted by atomic mass is 15.2. The lowest BCUT2D eigenvalue weighted by Crippen LogP contribution is -2.30. The van der Waals surface area contributed by atoms with Crippen LogP contribution in [0.2, 0.25) is 0 Å². The molecule has 0 bridgehead atoms. The van der Waals surface area contributed by atoms with Crippen LogP contribution >= 0.6 is 0 Å². The molecule has 0 saturated carbocycles. The van der Waals surface area contributed by atoms with E-state index in [1.54, 1.807) is 0 Å². The van der Waals surface area contributed by atoms with Gasteiger partial charge in [0, 0.05) is 39.3 Å². The smallest absolute Gasteiger partial charge is 0.0559 e. The zero-order valence-electron chi connectivity index (χ0n) is 31.1. The summed E-state index contributed by atoms with van der Waals surface area (Å²) < 4.78 is 0. The maximum atomic E-state index is 2.53. The van der Waals surface area contributed by atoms with E-state index >= 15 is 0 Å². The zero-order chi connectivity index (χ0) is 35.8. The Hall–Kier alpha value is -5.60. The van der Waals surface area contributed by atoms with E-state index in [0.717, 1.165) is 17.8 Å². The lowest BCUT2D eigenvalue weighted by atomic mass is 9.72. The molecule has 6 aromatic rings. The van der Waals surface area contributed by atoms with Gasteiger partial charge in [-0.2, -0.15) is 0 Å². The van der Waals surface area contributed by atoms with Crippen molar-refractivity contribution in [3.05, 3.63) is 185 Å². The van der Waals surface area contributed by atoms with E-state index in [9.17, 15) is 0 Å². The van der Waals surface area contributed by atoms with E-state index in [2.05, 4.69) is 203 Å². The van der Waals surface area contributed by atoms with Crippen LogP contribution in [0.1, 0.15) is 67.5 Å². The first-order chi connectivity index (χ1) is 25.2. The number of benzene rings is 6. The SMILES string of the molecule is Cc1cc(N(c2ccccc2)c2ccccc2)cc2c1-c1ccc3c(c1C2(C)C)C(C)(C)c1cc(N(c2ccccc2)C2C=CC=CC2)cc(C)c1-3. The molecule has 3 aliphatic carbocycles. The summed E-state index contributed by atoms with van der Waals surface area (Å²) in [5, 5.41) is 0. The number of fused-ring (bicyclic) bond motifs is 7. The van der Waals surface area contributed by atoms with E-state index in [1.165, 1.54) is 72.7 Å². The van der Waals surface area contributed by atoms with Gasteiger partial charge in [0.25, 0.3) is 0 Å². The lowest BCUT2D eigenvalue weighted by molar-refractivity contribution is 0.601. The minimum Gasteiger partial charge on any atom is -0.334 e. The number of anilines is 5. The summed E-state index contributed by atoms with van der Waals surface area (Å²) in [6.45, 7) is 14.4. The van der Waals surface area contributed by atoms with E-state index in [1.807, 2.05) is 0 Å². The predicted octanol–water partition coefficient (Wildman–Crippen LogP) is 13.4. The van der Waals surface area contributed by atoms with Crippen molar-refractivity contribution >= 4 is 28.4 Å². The van der Waals surface area contributed by atoms with Gasteiger partial charge in [0.2, 0.25) is 0 Å². The minimum atomic E-state index is -0.193. The summed E-state index contributed by atoms with van der Waals surface area (Å²) in [4.78, 5) is 4.93. The predicted molar refractivity (Wildman–Crippen MR) is 221 cm³/mol. The molecule has 0 heterocycles. The van der Waals surface area contributed by atoms with Crippen LogP contribution in [0.15, 0.2) is 152 Å². The summed E-state index contributed by atoms with van der Waals surface area (Å²) in [7, 11) is 0. The summed E-state index contributed by atoms with van der Waals surface area (Å²) >= 11 is 0. The molecule has 0 N–H and O–H groups in total. The van der Waals surface area contributed by atoms with Gasteiger partial charge in [0.15, 0.2) is 0 Å². The fourth-order valence-corrected chi connectivity index (χ4v) is 9.57. The summed E-state index contributed by atoms with van der Waals surface area (Å²) in [6.07, 6.45) is 9.97. The molecule has 52 heavy (non-hydrogen) atoms. The largest absolute Gasteiger partial charge is 0.334 e. The van der Waals surface area contributed by atoms with Crippen LogP contribution in [0, 0.1) is 13.8 Å². The number of aryl methyl sites for hydroxylation is 2. The molecule has 0 aromatic heterocycles. The maximum Gasteiger partial charge on any atom is 0.0559 e. The molecule has 3 aliphatic rings. The van der Waals surface area contributed by atoms with Gasteiger partial charge < -0.3 is 9.80 Å². The third kappa shape index (κ3) is 4.84. The van der Waals surface area contributed by atoms with Gasteiger partial charge in [-0.3, -0.25) is 0 Å². The molecular formula is C50H46N2. The standard InChI is InChI=1S/C50H46N2/c1-33-29-39(51(35-19-11-7-12-20-35)36-21-13-8-14-22-36)31-43-45(33)41-27-28-42-46-34(2)30-40(32-44(46)50(5,6)48(42)47(41)49(43,3)4)52(37-23-15-9-16-24-37)38-25-17-10-18-26-38/h7-25,27-32,38H,26H2,1-6H3. The lowest BCUT2D eigenvalue weighted by Gasteiger charge is -2.34. The number of hydrogen-bond donors (Lipinski definition) is 0. The summed E-state index contributed by atoms with van der Waals surface area (Å²) in [6, 6.07) is 47.3. The van der Waals surface area contributed by atoms with E-state index < -0.39 is 0 Å². The van der Waals surface area contributed by atoms with Gasteiger partial charge in [-0.1, -0.05) is 119 Å². The third-order valence-corrected chi connectivity index (χ3v) is 11.9. The van der Waals surface area contributed by atoms with Crippen molar-refractivity contribution in [3.8, 4) is 22.3 Å². The van der Waals surface area contributed by atoms with Crippen LogP contribution < -0.4 is 9.80 Å². The van der Waals surface area contributed by atoms with E-state index in [-0.39, 0.29) is 16.9 Å². The van der Waals surface area contributed by atoms with Gasteiger partial charge in [0.05, 0.1) is 6.04 Å². The molecule has 2 heteroatoms. The Kier molecular flexibility index (Phi) is 7.45. The third-order valence-electron chi connectivity index (χ3n) is 11.9. The Bertz CT molecular complexity index is 2360. The fraction of sp³-hybridized carbons (Fsp3) is 0.200. The van der Waals surface area contributed by atoms with Crippen molar-refractivity contribution in [2.45, 2.75) is 64.8 Å². The fourth-order valence-electron chi connectivity index (χ4n) is 9.57. The number of nitrogens with zero attached hydrogens (tertiary/aromatic N) is 2. The Morgan fingerprint density at radius 2 is 0.962 bits per heavy atom. The molecular weight excluding hydrogens is 629 g/mol. The van der Waals surface area contributed by atoms with E-state index in [0.29, 0.717) is 0 Å². The minimum absolute atomic E-state index is 0.183. The molecule has 0 radical (unpaired) electrons. The monoisotopic (exact) mass is 674 g/mol. The van der Waals surface area contributed by atoms with Gasteiger partial charge in [0.1, 0.15) is 0 Å². The van der Waals surface area contributed by atoms with Gasteiger partial charge in [-0.25, -0.2) is 0 Å². The molecule has 1 atom stereocenters.